The number of rotatable bonds is 6. The van der Waals surface area contributed by atoms with Crippen LogP contribution < -0.4 is 5.73 Å². The summed E-state index contributed by atoms with van der Waals surface area (Å²) in [4.78, 5) is 11.1. The SMILES string of the molecule is CCOC(=O)COCC(N)c1cc(Br)ccc1Br. The number of ether oxygens (including phenoxy) is 2. The van der Waals surface area contributed by atoms with Crippen LogP contribution in [-0.2, 0) is 14.3 Å². The topological polar surface area (TPSA) is 61.5 Å². The summed E-state index contributed by atoms with van der Waals surface area (Å²) in [6.07, 6.45) is 0. The molecule has 0 aliphatic heterocycles. The second-order valence-corrected chi connectivity index (χ2v) is 5.36. The third-order valence-corrected chi connectivity index (χ3v) is 3.40. The smallest absolute Gasteiger partial charge is 0.332 e. The van der Waals surface area contributed by atoms with Gasteiger partial charge in [0.1, 0.15) is 6.61 Å². The molecular weight excluding hydrogens is 366 g/mol. The summed E-state index contributed by atoms with van der Waals surface area (Å²) in [5.41, 5.74) is 6.92. The highest BCUT2D eigenvalue weighted by Crippen LogP contribution is 2.25. The van der Waals surface area contributed by atoms with Crippen molar-refractivity contribution in [3.05, 3.63) is 32.7 Å². The molecule has 0 heterocycles. The van der Waals surface area contributed by atoms with Crippen molar-refractivity contribution in [2.24, 2.45) is 5.73 Å². The molecule has 0 bridgehead atoms. The zero-order chi connectivity index (χ0) is 13.5. The van der Waals surface area contributed by atoms with Gasteiger partial charge in [0, 0.05) is 8.95 Å². The molecule has 2 N–H and O–H groups in total. The lowest BCUT2D eigenvalue weighted by molar-refractivity contribution is -0.148. The van der Waals surface area contributed by atoms with Crippen molar-refractivity contribution in [1.29, 1.82) is 0 Å². The average molecular weight is 381 g/mol. The number of carbonyl (C=O) groups is 1. The number of benzene rings is 1. The first-order valence-electron chi connectivity index (χ1n) is 5.48. The van der Waals surface area contributed by atoms with Crippen LogP contribution in [-0.4, -0.2) is 25.8 Å². The van der Waals surface area contributed by atoms with Crippen LogP contribution in [0.15, 0.2) is 27.1 Å². The van der Waals surface area contributed by atoms with E-state index in [1.807, 2.05) is 18.2 Å². The molecule has 4 nitrogen and oxygen atoms in total. The Balaban J connectivity index is 2.47. The fourth-order valence-electron chi connectivity index (χ4n) is 1.36. The number of hydrogen-bond acceptors (Lipinski definition) is 4. The van der Waals surface area contributed by atoms with Crippen molar-refractivity contribution >= 4 is 37.8 Å². The van der Waals surface area contributed by atoms with Crippen LogP contribution in [0.25, 0.3) is 0 Å². The zero-order valence-corrected chi connectivity index (χ0v) is 13.2. The van der Waals surface area contributed by atoms with E-state index in [-0.39, 0.29) is 25.2 Å². The van der Waals surface area contributed by atoms with E-state index < -0.39 is 0 Å². The van der Waals surface area contributed by atoms with Gasteiger partial charge in [0.15, 0.2) is 0 Å². The van der Waals surface area contributed by atoms with E-state index in [2.05, 4.69) is 31.9 Å². The van der Waals surface area contributed by atoms with Gasteiger partial charge in [-0.15, -0.1) is 0 Å². The van der Waals surface area contributed by atoms with Crippen LogP contribution in [0, 0.1) is 0 Å². The van der Waals surface area contributed by atoms with Gasteiger partial charge in [-0.05, 0) is 30.7 Å². The Labute approximate surface area is 123 Å². The molecule has 0 aromatic heterocycles. The summed E-state index contributed by atoms with van der Waals surface area (Å²) in [5, 5.41) is 0. The fraction of sp³-hybridized carbons (Fsp3) is 0.417. The maximum atomic E-state index is 11.1. The van der Waals surface area contributed by atoms with Gasteiger partial charge in [-0.25, -0.2) is 4.79 Å². The molecule has 0 spiro atoms. The normalized spacial score (nSPS) is 12.2. The van der Waals surface area contributed by atoms with Gasteiger partial charge in [-0.1, -0.05) is 31.9 Å². The van der Waals surface area contributed by atoms with Gasteiger partial charge in [-0.2, -0.15) is 0 Å². The number of carbonyl (C=O) groups excluding carboxylic acids is 1. The number of hydrogen-bond donors (Lipinski definition) is 1. The van der Waals surface area contributed by atoms with Crippen LogP contribution in [0.4, 0.5) is 0 Å². The van der Waals surface area contributed by atoms with E-state index in [4.69, 9.17) is 15.2 Å². The Morgan fingerprint density at radius 2 is 2.17 bits per heavy atom. The largest absolute Gasteiger partial charge is 0.464 e. The van der Waals surface area contributed by atoms with Crippen LogP contribution >= 0.6 is 31.9 Å². The van der Waals surface area contributed by atoms with E-state index in [0.29, 0.717) is 6.61 Å². The third kappa shape index (κ3) is 5.06. The van der Waals surface area contributed by atoms with Crippen LogP contribution in [0.1, 0.15) is 18.5 Å². The second-order valence-electron chi connectivity index (χ2n) is 3.59. The summed E-state index contributed by atoms with van der Waals surface area (Å²) in [6, 6.07) is 5.44. The van der Waals surface area contributed by atoms with Gasteiger partial charge >= 0.3 is 5.97 Å². The molecular formula is C12H15Br2NO3. The Bertz CT molecular complexity index is 412. The predicted molar refractivity (Wildman–Crippen MR) is 76.2 cm³/mol. The number of halogens is 2. The average Bonchev–Trinajstić information content (AvgIpc) is 2.32. The standard InChI is InChI=1S/C12H15Br2NO3/c1-2-18-12(16)7-17-6-11(15)9-5-8(13)3-4-10(9)14/h3-5,11H,2,6-7,15H2,1H3. The van der Waals surface area contributed by atoms with Crippen molar-refractivity contribution in [3.8, 4) is 0 Å². The molecule has 0 radical (unpaired) electrons. The third-order valence-electron chi connectivity index (χ3n) is 2.18. The molecule has 0 saturated carbocycles. The molecule has 1 unspecified atom stereocenters. The van der Waals surface area contributed by atoms with Crippen LogP contribution in [0.3, 0.4) is 0 Å². The molecule has 1 aromatic carbocycles. The lowest BCUT2D eigenvalue weighted by atomic mass is 10.1. The summed E-state index contributed by atoms with van der Waals surface area (Å²) in [6.45, 7) is 2.29. The van der Waals surface area contributed by atoms with E-state index in [1.54, 1.807) is 6.92 Å². The number of nitrogens with two attached hydrogens (primary N) is 1. The number of esters is 1. The molecule has 0 fully saturated rings. The van der Waals surface area contributed by atoms with E-state index in [9.17, 15) is 4.79 Å². The second kappa shape index (κ2) is 7.89. The molecule has 1 aromatic rings. The summed E-state index contributed by atoms with van der Waals surface area (Å²) in [5.74, 6) is -0.377. The zero-order valence-electron chi connectivity index (χ0n) is 9.99. The van der Waals surface area contributed by atoms with E-state index >= 15 is 0 Å². The van der Waals surface area contributed by atoms with Crippen LogP contribution in [0.5, 0.6) is 0 Å². The van der Waals surface area contributed by atoms with Crippen LogP contribution in [0.2, 0.25) is 0 Å². The Morgan fingerprint density at radius 3 is 2.83 bits per heavy atom. The first-order valence-corrected chi connectivity index (χ1v) is 7.07. The molecule has 1 atom stereocenters. The van der Waals surface area contributed by atoms with Crippen molar-refractivity contribution in [2.75, 3.05) is 19.8 Å². The lowest BCUT2D eigenvalue weighted by Gasteiger charge is -2.14. The Hall–Kier alpha value is -0.430. The molecule has 18 heavy (non-hydrogen) atoms. The molecule has 100 valence electrons. The van der Waals surface area contributed by atoms with Gasteiger partial charge in [-0.3, -0.25) is 0 Å². The van der Waals surface area contributed by atoms with Gasteiger partial charge in [0.05, 0.1) is 19.3 Å². The Kier molecular flexibility index (Phi) is 6.85. The minimum atomic E-state index is -0.377. The highest BCUT2D eigenvalue weighted by molar-refractivity contribution is 9.11. The summed E-state index contributed by atoms with van der Waals surface area (Å²) < 4.78 is 11.8. The molecule has 0 aliphatic carbocycles. The first-order chi connectivity index (χ1) is 8.54. The summed E-state index contributed by atoms with van der Waals surface area (Å²) >= 11 is 6.81. The molecule has 0 aliphatic rings. The minimum absolute atomic E-state index is 0.0762. The maximum Gasteiger partial charge on any atom is 0.332 e. The molecule has 1 rings (SSSR count). The minimum Gasteiger partial charge on any atom is -0.464 e. The predicted octanol–water partition coefficient (Wildman–Crippen LogP) is 2.79. The quantitative estimate of drug-likeness (QED) is 0.771. The van der Waals surface area contributed by atoms with Gasteiger partial charge in [0.25, 0.3) is 0 Å². The molecule has 6 heteroatoms. The van der Waals surface area contributed by atoms with Crippen molar-refractivity contribution < 1.29 is 14.3 Å². The monoisotopic (exact) mass is 379 g/mol. The Morgan fingerprint density at radius 1 is 1.44 bits per heavy atom. The van der Waals surface area contributed by atoms with E-state index in [0.717, 1.165) is 14.5 Å². The van der Waals surface area contributed by atoms with Gasteiger partial charge < -0.3 is 15.2 Å². The maximum absolute atomic E-state index is 11.1. The lowest BCUT2D eigenvalue weighted by Crippen LogP contribution is -2.21. The molecule has 0 amide bonds. The van der Waals surface area contributed by atoms with Crippen molar-refractivity contribution in [1.82, 2.24) is 0 Å². The van der Waals surface area contributed by atoms with E-state index in [1.165, 1.54) is 0 Å². The van der Waals surface area contributed by atoms with Gasteiger partial charge in [0.2, 0.25) is 0 Å². The summed E-state index contributed by atoms with van der Waals surface area (Å²) in [7, 11) is 0. The first kappa shape index (κ1) is 15.6. The van der Waals surface area contributed by atoms with Crippen molar-refractivity contribution in [3.63, 3.8) is 0 Å². The van der Waals surface area contributed by atoms with Crippen molar-refractivity contribution in [2.45, 2.75) is 13.0 Å². The highest BCUT2D eigenvalue weighted by atomic mass is 79.9. The fourth-order valence-corrected chi connectivity index (χ4v) is 2.28. The molecule has 0 saturated heterocycles. The highest BCUT2D eigenvalue weighted by Gasteiger charge is 2.12.